The zero-order valence-electron chi connectivity index (χ0n) is 24.0. The molecule has 1 aromatic heterocycles. The van der Waals surface area contributed by atoms with Crippen molar-refractivity contribution in [3.05, 3.63) is 101 Å². The van der Waals surface area contributed by atoms with E-state index in [-0.39, 0.29) is 18.7 Å². The molecule has 0 saturated carbocycles. The second-order valence-corrected chi connectivity index (χ2v) is 9.49. The number of allylic oxidation sites excluding steroid dienone is 1. The van der Waals surface area contributed by atoms with Crippen LogP contribution in [0.15, 0.2) is 78.9 Å². The first-order chi connectivity index (χ1) is 20.3. The summed E-state index contributed by atoms with van der Waals surface area (Å²) < 4.78 is 12.3. The first kappa shape index (κ1) is 31.6. The topological polar surface area (TPSA) is 127 Å². The van der Waals surface area contributed by atoms with Gasteiger partial charge in [-0.15, -0.1) is 0 Å². The fraction of sp³-hybridized carbons (Fsp3) is 0.242. The Bertz CT molecular complexity index is 1520. The Balaban J connectivity index is 0.000000260. The number of hydrogen-bond acceptors (Lipinski definition) is 6. The van der Waals surface area contributed by atoms with Crippen molar-refractivity contribution in [2.45, 2.75) is 39.5 Å². The molecule has 0 fully saturated rings. The van der Waals surface area contributed by atoms with Crippen molar-refractivity contribution in [1.29, 1.82) is 0 Å². The maximum atomic E-state index is 12.8. The molecule has 0 saturated heterocycles. The summed E-state index contributed by atoms with van der Waals surface area (Å²) in [6, 6.07) is 22.1. The number of unbranched alkanes of at least 4 members (excludes halogenated alkanes) is 1. The number of aromatic nitrogens is 1. The van der Waals surface area contributed by atoms with E-state index in [4.69, 9.17) is 14.7 Å². The van der Waals surface area contributed by atoms with E-state index in [1.165, 1.54) is 6.08 Å². The molecule has 4 rings (SSSR count). The Kier molecular flexibility index (Phi) is 11.9. The smallest absolute Gasteiger partial charge is 0.307 e. The van der Waals surface area contributed by atoms with E-state index in [0.717, 1.165) is 29.7 Å². The summed E-state index contributed by atoms with van der Waals surface area (Å²) >= 11 is 0. The van der Waals surface area contributed by atoms with Crippen molar-refractivity contribution in [3.8, 4) is 11.5 Å². The number of fused-ring (bicyclic) bond motifs is 1. The second-order valence-electron chi connectivity index (χ2n) is 9.49. The van der Waals surface area contributed by atoms with Gasteiger partial charge >= 0.3 is 5.97 Å². The minimum Gasteiger partial charge on any atom is -0.497 e. The summed E-state index contributed by atoms with van der Waals surface area (Å²) in [7, 11) is 1.55. The summed E-state index contributed by atoms with van der Waals surface area (Å²) in [5.41, 5.74) is 5.27. The SMILES string of the molecule is CCCCOc1ccc(CC(=O)NO)cc1.COc1ccc2c(c1)c(CC(=O)O)c(C)n2C(=O)/C=C/c1ccccc1. The number of carbonyl (C=O) groups is 3. The number of aliphatic carboxylic acids is 1. The number of nitrogens with zero attached hydrogens (tertiary/aromatic N) is 1. The Labute approximate surface area is 245 Å². The second kappa shape index (κ2) is 15.8. The van der Waals surface area contributed by atoms with Crippen LogP contribution in [0.4, 0.5) is 0 Å². The molecule has 220 valence electrons. The average molecular weight is 573 g/mol. The third-order valence-electron chi connectivity index (χ3n) is 6.49. The normalized spacial score (nSPS) is 10.7. The summed E-state index contributed by atoms with van der Waals surface area (Å²) in [4.78, 5) is 35.0. The molecule has 3 N–H and O–H groups in total. The molecule has 0 aliphatic carbocycles. The number of carbonyl (C=O) groups excluding carboxylic acids is 2. The van der Waals surface area contributed by atoms with Crippen LogP contribution in [0.25, 0.3) is 17.0 Å². The Morgan fingerprint density at radius 1 is 0.952 bits per heavy atom. The molecule has 0 atom stereocenters. The van der Waals surface area contributed by atoms with Gasteiger partial charge in [0, 0.05) is 17.2 Å². The molecule has 9 heteroatoms. The maximum absolute atomic E-state index is 12.8. The summed E-state index contributed by atoms with van der Waals surface area (Å²) in [5, 5.41) is 18.3. The van der Waals surface area contributed by atoms with Gasteiger partial charge in [0.05, 0.1) is 32.1 Å². The number of nitrogens with one attached hydrogen (secondary N) is 1. The molecule has 1 amide bonds. The lowest BCUT2D eigenvalue weighted by atomic mass is 10.1. The average Bonchev–Trinajstić information content (AvgIpc) is 3.27. The number of methoxy groups -OCH3 is 1. The Morgan fingerprint density at radius 3 is 2.26 bits per heavy atom. The minimum absolute atomic E-state index is 0.155. The molecular weight excluding hydrogens is 536 g/mol. The number of amides is 1. The molecule has 4 aromatic rings. The van der Waals surface area contributed by atoms with Gasteiger partial charge in [0.2, 0.25) is 5.91 Å². The van der Waals surface area contributed by atoms with Crippen molar-refractivity contribution >= 4 is 34.8 Å². The van der Waals surface area contributed by atoms with E-state index in [0.29, 0.717) is 34.5 Å². The number of ether oxygens (including phenoxy) is 2. The van der Waals surface area contributed by atoms with Crippen molar-refractivity contribution in [2.75, 3.05) is 13.7 Å². The highest BCUT2D eigenvalue weighted by atomic mass is 16.5. The van der Waals surface area contributed by atoms with E-state index >= 15 is 0 Å². The number of carboxylic acid groups (broad SMARTS) is 1. The van der Waals surface area contributed by atoms with Crippen LogP contribution in [0, 0.1) is 6.92 Å². The largest absolute Gasteiger partial charge is 0.497 e. The zero-order valence-corrected chi connectivity index (χ0v) is 24.0. The van der Waals surface area contributed by atoms with Crippen molar-refractivity contribution < 1.29 is 34.2 Å². The monoisotopic (exact) mass is 572 g/mol. The predicted octanol–water partition coefficient (Wildman–Crippen LogP) is 5.85. The van der Waals surface area contributed by atoms with Gasteiger partial charge in [-0.2, -0.15) is 0 Å². The van der Waals surface area contributed by atoms with Crippen molar-refractivity contribution in [1.82, 2.24) is 10.0 Å². The van der Waals surface area contributed by atoms with Crippen LogP contribution in [0.3, 0.4) is 0 Å². The van der Waals surface area contributed by atoms with Crippen molar-refractivity contribution in [3.63, 3.8) is 0 Å². The van der Waals surface area contributed by atoms with Crippen LogP contribution >= 0.6 is 0 Å². The highest BCUT2D eigenvalue weighted by Gasteiger charge is 2.19. The minimum atomic E-state index is -0.942. The van der Waals surface area contributed by atoms with E-state index in [1.807, 2.05) is 54.6 Å². The van der Waals surface area contributed by atoms with Crippen LogP contribution in [-0.4, -0.2) is 46.4 Å². The van der Waals surface area contributed by atoms with Crippen LogP contribution in [-0.2, 0) is 22.4 Å². The standard InChI is InChI=1S/C21H19NO4.C12H17NO3/c1-14-17(13-21(24)25)18-12-16(26-2)9-10-19(18)22(14)20(23)11-8-15-6-4-3-5-7-15;1-2-3-8-16-11-6-4-10(5-7-11)9-12(14)13-15/h3-12H,13H2,1-2H3,(H,24,25);4-7,15H,2-3,8-9H2,1H3,(H,13,14)/b11-8+;. The number of hydroxylamine groups is 1. The summed E-state index contributed by atoms with van der Waals surface area (Å²) in [6.45, 7) is 4.59. The molecule has 9 nitrogen and oxygen atoms in total. The Hall–Kier alpha value is -4.89. The number of hydrogen-bond donors (Lipinski definition) is 3. The summed E-state index contributed by atoms with van der Waals surface area (Å²) in [6.07, 6.45) is 5.40. The number of benzene rings is 3. The van der Waals surface area contributed by atoms with Crippen molar-refractivity contribution in [2.24, 2.45) is 0 Å². The molecule has 0 bridgehead atoms. The van der Waals surface area contributed by atoms with E-state index in [9.17, 15) is 19.5 Å². The maximum Gasteiger partial charge on any atom is 0.307 e. The first-order valence-corrected chi connectivity index (χ1v) is 13.6. The lowest BCUT2D eigenvalue weighted by molar-refractivity contribution is -0.136. The number of rotatable bonds is 11. The molecular formula is C33H36N2O7. The number of carboxylic acids is 1. The van der Waals surface area contributed by atoms with Crippen LogP contribution in [0.5, 0.6) is 11.5 Å². The van der Waals surface area contributed by atoms with Gasteiger partial charge in [-0.25, -0.2) is 5.48 Å². The van der Waals surface area contributed by atoms with Gasteiger partial charge in [0.25, 0.3) is 5.91 Å². The van der Waals surface area contributed by atoms with Gasteiger partial charge in [-0.3, -0.25) is 24.2 Å². The third kappa shape index (κ3) is 8.81. The fourth-order valence-corrected chi connectivity index (χ4v) is 4.32. The van der Waals surface area contributed by atoms with Crippen LogP contribution < -0.4 is 15.0 Å². The van der Waals surface area contributed by atoms with Crippen LogP contribution in [0.1, 0.15) is 46.9 Å². The zero-order chi connectivity index (χ0) is 30.5. The van der Waals surface area contributed by atoms with E-state index in [2.05, 4.69) is 6.92 Å². The van der Waals surface area contributed by atoms with Gasteiger partial charge < -0.3 is 14.6 Å². The molecule has 0 aliphatic heterocycles. The predicted molar refractivity (Wildman–Crippen MR) is 161 cm³/mol. The van der Waals surface area contributed by atoms with Gasteiger partial charge in [0.1, 0.15) is 11.5 Å². The quantitative estimate of drug-likeness (QED) is 0.0890. The fourth-order valence-electron chi connectivity index (χ4n) is 4.32. The first-order valence-electron chi connectivity index (χ1n) is 13.6. The highest BCUT2D eigenvalue weighted by molar-refractivity contribution is 6.03. The lowest BCUT2D eigenvalue weighted by Gasteiger charge is -2.06. The Morgan fingerprint density at radius 2 is 1.64 bits per heavy atom. The van der Waals surface area contributed by atoms with E-state index in [1.54, 1.807) is 48.4 Å². The van der Waals surface area contributed by atoms with E-state index < -0.39 is 11.9 Å². The molecule has 1 heterocycles. The van der Waals surface area contributed by atoms with Crippen LogP contribution in [0.2, 0.25) is 0 Å². The van der Waals surface area contributed by atoms with Gasteiger partial charge in [-0.05, 0) is 66.4 Å². The van der Waals surface area contributed by atoms with Gasteiger partial charge in [0.15, 0.2) is 0 Å². The molecule has 0 radical (unpaired) electrons. The molecule has 0 unspecified atom stereocenters. The molecule has 0 aliphatic rings. The highest BCUT2D eigenvalue weighted by Crippen LogP contribution is 2.30. The molecule has 3 aromatic carbocycles. The molecule has 42 heavy (non-hydrogen) atoms. The lowest BCUT2D eigenvalue weighted by Crippen LogP contribution is -2.20. The van der Waals surface area contributed by atoms with Gasteiger partial charge in [-0.1, -0.05) is 55.8 Å². The third-order valence-corrected chi connectivity index (χ3v) is 6.49. The molecule has 0 spiro atoms. The summed E-state index contributed by atoms with van der Waals surface area (Å²) in [5.74, 6) is -0.157.